The fraction of sp³-hybridized carbons (Fsp3) is 0.250. The van der Waals surface area contributed by atoms with Gasteiger partial charge in [-0.1, -0.05) is 29.3 Å². The van der Waals surface area contributed by atoms with E-state index in [2.05, 4.69) is 0 Å². The van der Waals surface area contributed by atoms with Gasteiger partial charge < -0.3 is 15.2 Å². The molecular formula is C16H17Cl2NO2. The molecule has 2 aromatic carbocycles. The highest BCUT2D eigenvalue weighted by Crippen LogP contribution is 2.30. The molecular weight excluding hydrogens is 309 g/mol. The summed E-state index contributed by atoms with van der Waals surface area (Å²) in [7, 11) is 1.61. The maximum Gasteiger partial charge on any atom is 0.138 e. The Morgan fingerprint density at radius 2 is 1.81 bits per heavy atom. The fourth-order valence-electron chi connectivity index (χ4n) is 1.93. The lowest BCUT2D eigenvalue weighted by atomic mass is 10.1. The first-order chi connectivity index (χ1) is 10.0. The standard InChI is InChI=1S/C16H17Cl2NO2/c1-10(19)11-3-5-16(14(18)8-11)21-9-12-7-13(17)4-6-15(12)20-2/h3-8,10H,9,19H2,1-2H3. The summed E-state index contributed by atoms with van der Waals surface area (Å²) >= 11 is 12.2. The van der Waals surface area contributed by atoms with E-state index in [1.165, 1.54) is 0 Å². The molecule has 0 aromatic heterocycles. The Balaban J connectivity index is 2.15. The highest BCUT2D eigenvalue weighted by atomic mass is 35.5. The van der Waals surface area contributed by atoms with E-state index in [9.17, 15) is 0 Å². The first-order valence-electron chi connectivity index (χ1n) is 6.51. The molecule has 0 heterocycles. The van der Waals surface area contributed by atoms with Crippen LogP contribution in [0.2, 0.25) is 10.0 Å². The number of benzene rings is 2. The third-order valence-corrected chi connectivity index (χ3v) is 3.64. The average molecular weight is 326 g/mol. The molecule has 0 radical (unpaired) electrons. The molecule has 0 aliphatic carbocycles. The third kappa shape index (κ3) is 4.03. The molecule has 2 rings (SSSR count). The Morgan fingerprint density at radius 3 is 2.43 bits per heavy atom. The van der Waals surface area contributed by atoms with Crippen molar-refractivity contribution < 1.29 is 9.47 Å². The third-order valence-electron chi connectivity index (χ3n) is 3.11. The van der Waals surface area contributed by atoms with Crippen LogP contribution in [0.15, 0.2) is 36.4 Å². The molecule has 1 unspecified atom stereocenters. The summed E-state index contributed by atoms with van der Waals surface area (Å²) in [5.74, 6) is 1.32. The smallest absolute Gasteiger partial charge is 0.138 e. The summed E-state index contributed by atoms with van der Waals surface area (Å²) in [6.45, 7) is 2.23. The van der Waals surface area contributed by atoms with Gasteiger partial charge in [-0.15, -0.1) is 0 Å². The van der Waals surface area contributed by atoms with Gasteiger partial charge in [-0.05, 0) is 42.8 Å². The van der Waals surface area contributed by atoms with Crippen LogP contribution < -0.4 is 15.2 Å². The molecule has 0 amide bonds. The predicted octanol–water partition coefficient (Wildman–Crippen LogP) is 4.60. The second-order valence-corrected chi connectivity index (χ2v) is 5.57. The number of nitrogens with two attached hydrogens (primary N) is 1. The first-order valence-corrected chi connectivity index (χ1v) is 7.27. The van der Waals surface area contributed by atoms with Crippen LogP contribution >= 0.6 is 23.2 Å². The Bertz CT molecular complexity index is 630. The number of ether oxygens (including phenoxy) is 2. The van der Waals surface area contributed by atoms with Gasteiger partial charge in [0.05, 0.1) is 12.1 Å². The van der Waals surface area contributed by atoms with Crippen LogP contribution in [0.4, 0.5) is 0 Å². The van der Waals surface area contributed by atoms with Crippen LogP contribution in [0.5, 0.6) is 11.5 Å². The summed E-state index contributed by atoms with van der Waals surface area (Å²) in [6.07, 6.45) is 0. The quantitative estimate of drug-likeness (QED) is 0.873. The Labute approximate surface area is 134 Å². The zero-order chi connectivity index (χ0) is 15.4. The average Bonchev–Trinajstić information content (AvgIpc) is 2.46. The van der Waals surface area contributed by atoms with E-state index >= 15 is 0 Å². The summed E-state index contributed by atoms with van der Waals surface area (Å²) in [5, 5.41) is 1.17. The second-order valence-electron chi connectivity index (χ2n) is 4.72. The topological polar surface area (TPSA) is 44.5 Å². The van der Waals surface area contributed by atoms with Crippen molar-refractivity contribution in [3.63, 3.8) is 0 Å². The molecule has 2 aromatic rings. The monoisotopic (exact) mass is 325 g/mol. The van der Waals surface area contributed by atoms with Crippen LogP contribution in [-0.2, 0) is 6.61 Å². The SMILES string of the molecule is COc1ccc(Cl)cc1COc1ccc(C(C)N)cc1Cl. The van der Waals surface area contributed by atoms with Crippen LogP contribution in [-0.4, -0.2) is 7.11 Å². The molecule has 2 N–H and O–H groups in total. The number of methoxy groups -OCH3 is 1. The van der Waals surface area contributed by atoms with E-state index in [-0.39, 0.29) is 6.04 Å². The highest BCUT2D eigenvalue weighted by molar-refractivity contribution is 6.32. The molecule has 0 bridgehead atoms. The molecule has 1 atom stereocenters. The van der Waals surface area contributed by atoms with Crippen molar-refractivity contribution in [2.75, 3.05) is 7.11 Å². The van der Waals surface area contributed by atoms with Gasteiger partial charge in [0, 0.05) is 16.6 Å². The lowest BCUT2D eigenvalue weighted by Gasteiger charge is -2.13. The molecule has 3 nitrogen and oxygen atoms in total. The minimum Gasteiger partial charge on any atom is -0.496 e. The van der Waals surface area contributed by atoms with Crippen molar-refractivity contribution in [3.05, 3.63) is 57.6 Å². The van der Waals surface area contributed by atoms with Gasteiger partial charge in [0.2, 0.25) is 0 Å². The highest BCUT2D eigenvalue weighted by Gasteiger charge is 2.09. The van der Waals surface area contributed by atoms with Gasteiger partial charge in [-0.3, -0.25) is 0 Å². The van der Waals surface area contributed by atoms with Crippen molar-refractivity contribution in [1.29, 1.82) is 0 Å². The predicted molar refractivity (Wildman–Crippen MR) is 86.4 cm³/mol. The Morgan fingerprint density at radius 1 is 1.10 bits per heavy atom. The van der Waals surface area contributed by atoms with E-state index in [4.69, 9.17) is 38.4 Å². The minimum absolute atomic E-state index is 0.0652. The molecule has 0 aliphatic heterocycles. The molecule has 0 saturated heterocycles. The summed E-state index contributed by atoms with van der Waals surface area (Å²) < 4.78 is 11.0. The summed E-state index contributed by atoms with van der Waals surface area (Å²) in [6, 6.07) is 10.9. The molecule has 0 saturated carbocycles. The largest absolute Gasteiger partial charge is 0.496 e. The van der Waals surface area contributed by atoms with Crippen LogP contribution in [0, 0.1) is 0 Å². The van der Waals surface area contributed by atoms with Crippen molar-refractivity contribution >= 4 is 23.2 Å². The van der Waals surface area contributed by atoms with Crippen molar-refractivity contribution in [2.24, 2.45) is 5.73 Å². The summed E-state index contributed by atoms with van der Waals surface area (Å²) in [4.78, 5) is 0. The molecule has 0 aliphatic rings. The van der Waals surface area contributed by atoms with Crippen LogP contribution in [0.1, 0.15) is 24.1 Å². The summed E-state index contributed by atoms with van der Waals surface area (Å²) in [5.41, 5.74) is 7.65. The molecule has 21 heavy (non-hydrogen) atoms. The van der Waals surface area contributed by atoms with Gasteiger partial charge in [0.15, 0.2) is 0 Å². The van der Waals surface area contributed by atoms with Gasteiger partial charge in [-0.2, -0.15) is 0 Å². The van der Waals surface area contributed by atoms with Gasteiger partial charge in [-0.25, -0.2) is 0 Å². The zero-order valence-electron chi connectivity index (χ0n) is 11.9. The van der Waals surface area contributed by atoms with Crippen molar-refractivity contribution in [1.82, 2.24) is 0 Å². The maximum atomic E-state index is 6.21. The molecule has 112 valence electrons. The van der Waals surface area contributed by atoms with Gasteiger partial charge >= 0.3 is 0 Å². The van der Waals surface area contributed by atoms with Crippen molar-refractivity contribution in [3.8, 4) is 11.5 Å². The molecule has 5 heteroatoms. The van der Waals surface area contributed by atoms with E-state index in [1.54, 1.807) is 13.2 Å². The van der Waals surface area contributed by atoms with Crippen LogP contribution in [0.3, 0.4) is 0 Å². The first kappa shape index (κ1) is 16.0. The van der Waals surface area contributed by atoms with Crippen LogP contribution in [0.25, 0.3) is 0 Å². The zero-order valence-corrected chi connectivity index (χ0v) is 13.4. The minimum atomic E-state index is -0.0652. The van der Waals surface area contributed by atoms with E-state index in [1.807, 2.05) is 37.3 Å². The number of halogens is 2. The fourth-order valence-corrected chi connectivity index (χ4v) is 2.37. The second kappa shape index (κ2) is 7.03. The lowest BCUT2D eigenvalue weighted by Crippen LogP contribution is -2.05. The van der Waals surface area contributed by atoms with Gasteiger partial charge in [0.25, 0.3) is 0 Å². The van der Waals surface area contributed by atoms with E-state index < -0.39 is 0 Å². The number of hydrogen-bond donors (Lipinski definition) is 1. The number of rotatable bonds is 5. The number of hydrogen-bond acceptors (Lipinski definition) is 3. The Kier molecular flexibility index (Phi) is 5.34. The lowest BCUT2D eigenvalue weighted by molar-refractivity contribution is 0.297. The van der Waals surface area contributed by atoms with E-state index in [0.29, 0.717) is 22.4 Å². The van der Waals surface area contributed by atoms with Crippen molar-refractivity contribution in [2.45, 2.75) is 19.6 Å². The maximum absolute atomic E-state index is 6.21. The molecule has 0 spiro atoms. The normalized spacial score (nSPS) is 12.0. The van der Waals surface area contributed by atoms with E-state index in [0.717, 1.165) is 16.9 Å². The Hall–Kier alpha value is -1.42. The van der Waals surface area contributed by atoms with Gasteiger partial charge in [0.1, 0.15) is 18.1 Å². The molecule has 0 fully saturated rings.